The lowest BCUT2D eigenvalue weighted by molar-refractivity contribution is -0.149. The summed E-state index contributed by atoms with van der Waals surface area (Å²) in [7, 11) is -0.634. The zero-order valence-electron chi connectivity index (χ0n) is 17.1. The zero-order valence-corrected chi connectivity index (χ0v) is 17.9. The minimum absolute atomic E-state index is 0.119. The number of sulfonamides is 1. The smallest absolute Gasteiger partial charge is 0.311 e. The van der Waals surface area contributed by atoms with Crippen molar-refractivity contribution in [1.29, 1.82) is 0 Å². The molecule has 11 heteroatoms. The summed E-state index contributed by atoms with van der Waals surface area (Å²) >= 11 is 0. The molecule has 1 aliphatic rings. The van der Waals surface area contributed by atoms with Crippen molar-refractivity contribution in [2.24, 2.45) is 5.92 Å². The number of amides is 1. The van der Waals surface area contributed by atoms with Gasteiger partial charge in [0.25, 0.3) is 0 Å². The fraction of sp³-hybridized carbons (Fsp3) is 0.474. The maximum Gasteiger partial charge on any atom is 0.311 e. The highest BCUT2D eigenvalue weighted by Gasteiger charge is 2.31. The van der Waals surface area contributed by atoms with Crippen molar-refractivity contribution in [3.05, 3.63) is 30.2 Å². The molecule has 0 atom stereocenters. The molecule has 162 valence electrons. The second kappa shape index (κ2) is 8.92. The Morgan fingerprint density at radius 1 is 1.17 bits per heavy atom. The van der Waals surface area contributed by atoms with E-state index in [4.69, 9.17) is 9.15 Å². The third-order valence-corrected chi connectivity index (χ3v) is 6.72. The molecule has 2 aromatic rings. The number of nitrogens with zero attached hydrogens (tertiary/aromatic N) is 4. The SMILES string of the molecule is CCOC(=O)C1CCN(C(=O)c2nnc(-c3ccc(S(=O)(=O)N(C)C)cc3)o2)CC1. The van der Waals surface area contributed by atoms with Crippen molar-refractivity contribution in [3.63, 3.8) is 0 Å². The number of aromatic nitrogens is 2. The molecule has 0 aliphatic carbocycles. The number of benzene rings is 1. The first-order chi connectivity index (χ1) is 14.2. The number of carbonyl (C=O) groups is 2. The van der Waals surface area contributed by atoms with Gasteiger partial charge in [0.2, 0.25) is 15.9 Å². The second-order valence-electron chi connectivity index (χ2n) is 7.04. The van der Waals surface area contributed by atoms with E-state index in [9.17, 15) is 18.0 Å². The molecular weight excluding hydrogens is 412 g/mol. The van der Waals surface area contributed by atoms with Gasteiger partial charge in [-0.1, -0.05) is 0 Å². The molecule has 1 aromatic heterocycles. The van der Waals surface area contributed by atoms with Crippen molar-refractivity contribution in [1.82, 2.24) is 19.4 Å². The first kappa shape index (κ1) is 21.9. The molecular formula is C19H24N4O6S. The van der Waals surface area contributed by atoms with Crippen LogP contribution >= 0.6 is 0 Å². The first-order valence-corrected chi connectivity index (χ1v) is 11.0. The first-order valence-electron chi connectivity index (χ1n) is 9.56. The average molecular weight is 436 g/mol. The van der Waals surface area contributed by atoms with E-state index in [1.54, 1.807) is 24.0 Å². The number of piperidine rings is 1. The molecule has 0 saturated carbocycles. The summed E-state index contributed by atoms with van der Waals surface area (Å²) in [6.45, 7) is 2.90. The van der Waals surface area contributed by atoms with Gasteiger partial charge in [0, 0.05) is 32.7 Å². The Morgan fingerprint density at radius 2 is 1.80 bits per heavy atom. The molecule has 1 saturated heterocycles. The summed E-state index contributed by atoms with van der Waals surface area (Å²) in [5.41, 5.74) is 0.500. The van der Waals surface area contributed by atoms with E-state index in [0.717, 1.165) is 4.31 Å². The van der Waals surface area contributed by atoms with Crippen molar-refractivity contribution < 1.29 is 27.2 Å². The molecule has 10 nitrogen and oxygen atoms in total. The monoisotopic (exact) mass is 436 g/mol. The van der Waals surface area contributed by atoms with Gasteiger partial charge in [0.05, 0.1) is 17.4 Å². The number of likely N-dealkylation sites (tertiary alicyclic amines) is 1. The Morgan fingerprint density at radius 3 is 2.37 bits per heavy atom. The van der Waals surface area contributed by atoms with E-state index in [2.05, 4.69) is 10.2 Å². The minimum atomic E-state index is -3.54. The lowest BCUT2D eigenvalue weighted by Gasteiger charge is -2.29. The maximum absolute atomic E-state index is 12.6. The van der Waals surface area contributed by atoms with Crippen molar-refractivity contribution in [3.8, 4) is 11.5 Å². The largest absolute Gasteiger partial charge is 0.466 e. The molecule has 1 amide bonds. The van der Waals surface area contributed by atoms with Crippen LogP contribution in [0, 0.1) is 5.92 Å². The Bertz CT molecular complexity index is 1010. The predicted molar refractivity (Wildman–Crippen MR) is 106 cm³/mol. The van der Waals surface area contributed by atoms with E-state index in [1.165, 1.54) is 26.2 Å². The lowest BCUT2D eigenvalue weighted by Crippen LogP contribution is -2.40. The number of rotatable bonds is 6. The van der Waals surface area contributed by atoms with Gasteiger partial charge in [-0.2, -0.15) is 0 Å². The average Bonchev–Trinajstić information content (AvgIpc) is 3.24. The van der Waals surface area contributed by atoms with Gasteiger partial charge < -0.3 is 14.1 Å². The summed E-state index contributed by atoms with van der Waals surface area (Å²) in [6, 6.07) is 5.97. The quantitative estimate of drug-likeness (QED) is 0.623. The summed E-state index contributed by atoms with van der Waals surface area (Å²) in [6.07, 6.45) is 1.04. The normalized spacial score (nSPS) is 15.4. The van der Waals surface area contributed by atoms with E-state index in [0.29, 0.717) is 38.1 Å². The van der Waals surface area contributed by atoms with Crippen LogP contribution in [0.5, 0.6) is 0 Å². The molecule has 2 heterocycles. The molecule has 0 radical (unpaired) electrons. The molecule has 1 aliphatic heterocycles. The maximum atomic E-state index is 12.6. The van der Waals surface area contributed by atoms with Crippen LogP contribution in [0.1, 0.15) is 30.5 Å². The number of hydrogen-bond acceptors (Lipinski definition) is 8. The van der Waals surface area contributed by atoms with Crippen LogP contribution in [0.25, 0.3) is 11.5 Å². The molecule has 3 rings (SSSR count). The Balaban J connectivity index is 1.67. The second-order valence-corrected chi connectivity index (χ2v) is 9.19. The Kier molecular flexibility index (Phi) is 6.52. The number of ether oxygens (including phenoxy) is 1. The highest BCUT2D eigenvalue weighted by atomic mass is 32.2. The van der Waals surface area contributed by atoms with Gasteiger partial charge in [-0.25, -0.2) is 12.7 Å². The molecule has 1 aromatic carbocycles. The van der Waals surface area contributed by atoms with Gasteiger partial charge in [0.15, 0.2) is 0 Å². The van der Waals surface area contributed by atoms with E-state index < -0.39 is 15.9 Å². The number of esters is 1. The number of hydrogen-bond donors (Lipinski definition) is 0. The van der Waals surface area contributed by atoms with Crippen LogP contribution in [0.4, 0.5) is 0 Å². The van der Waals surface area contributed by atoms with Crippen molar-refractivity contribution in [2.45, 2.75) is 24.7 Å². The highest BCUT2D eigenvalue weighted by Crippen LogP contribution is 2.23. The molecule has 0 bridgehead atoms. The van der Waals surface area contributed by atoms with E-state index >= 15 is 0 Å². The highest BCUT2D eigenvalue weighted by molar-refractivity contribution is 7.89. The fourth-order valence-electron chi connectivity index (χ4n) is 3.12. The van der Waals surface area contributed by atoms with Crippen molar-refractivity contribution >= 4 is 21.9 Å². The van der Waals surface area contributed by atoms with Gasteiger partial charge in [0.1, 0.15) is 0 Å². The Hall–Kier alpha value is -2.79. The topological polar surface area (TPSA) is 123 Å². The van der Waals surface area contributed by atoms with Gasteiger partial charge in [-0.15, -0.1) is 10.2 Å². The Labute approximate surface area is 174 Å². The van der Waals surface area contributed by atoms with Crippen LogP contribution in [-0.4, -0.2) is 73.5 Å². The molecule has 0 unspecified atom stereocenters. The third kappa shape index (κ3) is 4.51. The van der Waals surface area contributed by atoms with Gasteiger partial charge in [-0.3, -0.25) is 9.59 Å². The van der Waals surface area contributed by atoms with E-state index in [1.807, 2.05) is 0 Å². The molecule has 30 heavy (non-hydrogen) atoms. The van der Waals surface area contributed by atoms with Crippen LogP contribution in [-0.2, 0) is 19.6 Å². The summed E-state index contributed by atoms with van der Waals surface area (Å²) in [4.78, 5) is 26.2. The van der Waals surface area contributed by atoms with E-state index in [-0.39, 0.29) is 28.6 Å². The van der Waals surface area contributed by atoms with Crippen LogP contribution in [0.15, 0.2) is 33.6 Å². The zero-order chi connectivity index (χ0) is 21.9. The standard InChI is InChI=1S/C19H24N4O6S/c1-4-28-19(25)14-9-11-23(12-10-14)18(24)17-21-20-16(29-17)13-5-7-15(8-6-13)30(26,27)22(2)3/h5-8,14H,4,9-12H2,1-3H3. The third-order valence-electron chi connectivity index (χ3n) is 4.89. The van der Waals surface area contributed by atoms with Crippen LogP contribution < -0.4 is 0 Å². The van der Waals surface area contributed by atoms with Crippen molar-refractivity contribution in [2.75, 3.05) is 33.8 Å². The van der Waals surface area contributed by atoms with Gasteiger partial charge >= 0.3 is 17.8 Å². The summed E-state index contributed by atoms with van der Waals surface area (Å²) < 4.78 is 36.0. The molecule has 1 fully saturated rings. The summed E-state index contributed by atoms with van der Waals surface area (Å²) in [5, 5.41) is 7.72. The minimum Gasteiger partial charge on any atom is -0.466 e. The van der Waals surface area contributed by atoms with Gasteiger partial charge in [-0.05, 0) is 44.0 Å². The molecule has 0 N–H and O–H groups in total. The number of carbonyl (C=O) groups excluding carboxylic acids is 2. The van der Waals surface area contributed by atoms with Crippen LogP contribution in [0.3, 0.4) is 0 Å². The summed E-state index contributed by atoms with van der Waals surface area (Å²) in [5.74, 6) is -0.866. The van der Waals surface area contributed by atoms with Crippen LogP contribution in [0.2, 0.25) is 0 Å². The predicted octanol–water partition coefficient (Wildman–Crippen LogP) is 1.40. The fourth-order valence-corrected chi connectivity index (χ4v) is 4.02. The lowest BCUT2D eigenvalue weighted by atomic mass is 9.97. The molecule has 0 spiro atoms.